The van der Waals surface area contributed by atoms with Crippen LogP contribution in [0.1, 0.15) is 63.8 Å². The first-order chi connectivity index (χ1) is 20.0. The number of benzene rings is 1. The summed E-state index contributed by atoms with van der Waals surface area (Å²) in [5.74, 6) is -2.55. The van der Waals surface area contributed by atoms with Crippen LogP contribution >= 0.6 is 23.2 Å². The fourth-order valence-corrected chi connectivity index (χ4v) is 6.13. The van der Waals surface area contributed by atoms with E-state index in [1.165, 1.54) is 29.0 Å². The van der Waals surface area contributed by atoms with Gasteiger partial charge in [0.15, 0.2) is 5.82 Å². The predicted octanol–water partition coefficient (Wildman–Crippen LogP) is 7.00. The summed E-state index contributed by atoms with van der Waals surface area (Å²) in [6.07, 6.45) is 4.73. The van der Waals surface area contributed by atoms with Gasteiger partial charge in [-0.25, -0.2) is 13.2 Å². The number of hydrogen-bond acceptors (Lipinski definition) is 4. The summed E-state index contributed by atoms with van der Waals surface area (Å²) in [5.41, 5.74) is 0.730. The molecule has 0 saturated heterocycles. The summed E-state index contributed by atoms with van der Waals surface area (Å²) in [7, 11) is 0. The van der Waals surface area contributed by atoms with E-state index in [1.54, 1.807) is 32.3 Å². The fraction of sp³-hybridized carbons (Fsp3) is 0.290. The van der Waals surface area contributed by atoms with Crippen LogP contribution < -0.4 is 10.9 Å². The zero-order valence-electron chi connectivity index (χ0n) is 22.6. The van der Waals surface area contributed by atoms with E-state index in [0.717, 1.165) is 12.0 Å². The summed E-state index contributed by atoms with van der Waals surface area (Å²) in [6.45, 7) is 3.26. The van der Waals surface area contributed by atoms with Crippen LogP contribution in [0.15, 0.2) is 53.7 Å². The number of carbonyl (C=O) groups is 1. The molecule has 6 nitrogen and oxygen atoms in total. The molecule has 1 N–H and O–H groups in total. The van der Waals surface area contributed by atoms with Gasteiger partial charge in [0.1, 0.15) is 22.7 Å². The lowest BCUT2D eigenvalue weighted by molar-refractivity contribution is 0.0856. The van der Waals surface area contributed by atoms with Crippen molar-refractivity contribution in [3.05, 3.63) is 109 Å². The van der Waals surface area contributed by atoms with Crippen molar-refractivity contribution >= 4 is 29.1 Å². The highest BCUT2D eigenvalue weighted by molar-refractivity contribution is 6.31. The van der Waals surface area contributed by atoms with Crippen LogP contribution in [0.3, 0.4) is 0 Å². The minimum Gasteiger partial charge on any atom is -0.349 e. The zero-order chi connectivity index (χ0) is 29.9. The third-order valence-electron chi connectivity index (χ3n) is 8.02. The molecule has 3 aromatic heterocycles. The van der Waals surface area contributed by atoms with Gasteiger partial charge in [0.05, 0.1) is 16.3 Å². The number of aromatic nitrogens is 3. The molecule has 0 unspecified atom stereocenters. The first-order valence-electron chi connectivity index (χ1n) is 13.5. The molecule has 2 atom stereocenters. The van der Waals surface area contributed by atoms with E-state index in [0.29, 0.717) is 21.8 Å². The number of aryl methyl sites for hydroxylation is 2. The van der Waals surface area contributed by atoms with Gasteiger partial charge in [-0.3, -0.25) is 24.1 Å². The van der Waals surface area contributed by atoms with Crippen molar-refractivity contribution in [2.24, 2.45) is 0 Å². The minimum absolute atomic E-state index is 0.0172. The number of halogens is 5. The molecule has 216 valence electrons. The molecule has 4 aromatic rings. The summed E-state index contributed by atoms with van der Waals surface area (Å²) < 4.78 is 46.2. The smallest absolute Gasteiger partial charge is 0.274 e. The van der Waals surface area contributed by atoms with Crippen molar-refractivity contribution in [1.29, 1.82) is 0 Å². The number of amides is 1. The van der Waals surface area contributed by atoms with Crippen molar-refractivity contribution in [3.63, 3.8) is 0 Å². The predicted molar refractivity (Wildman–Crippen MR) is 154 cm³/mol. The van der Waals surface area contributed by atoms with E-state index in [4.69, 9.17) is 23.2 Å². The van der Waals surface area contributed by atoms with Crippen molar-refractivity contribution in [2.45, 2.75) is 57.2 Å². The normalized spacial score (nSPS) is 21.1. The molecule has 0 spiro atoms. The summed E-state index contributed by atoms with van der Waals surface area (Å²) in [5, 5.41) is 3.09. The van der Waals surface area contributed by atoms with Crippen molar-refractivity contribution in [3.8, 4) is 16.9 Å². The van der Waals surface area contributed by atoms with Crippen LogP contribution in [0, 0.1) is 25.5 Å². The van der Waals surface area contributed by atoms with E-state index in [9.17, 15) is 14.0 Å². The molecule has 0 bridgehead atoms. The van der Waals surface area contributed by atoms with E-state index >= 15 is 8.78 Å². The highest BCUT2D eigenvalue weighted by Gasteiger charge is 2.42. The largest absolute Gasteiger partial charge is 0.349 e. The molecule has 6 rings (SSSR count). The van der Waals surface area contributed by atoms with Crippen LogP contribution in [-0.2, 0) is 0 Å². The number of hydrogen-bond donors (Lipinski definition) is 1. The first-order valence-corrected chi connectivity index (χ1v) is 14.2. The first kappa shape index (κ1) is 28.4. The van der Waals surface area contributed by atoms with Crippen LogP contribution in [-0.4, -0.2) is 32.7 Å². The van der Waals surface area contributed by atoms with Gasteiger partial charge in [0.25, 0.3) is 11.5 Å². The van der Waals surface area contributed by atoms with Crippen molar-refractivity contribution in [2.75, 3.05) is 0 Å². The lowest BCUT2D eigenvalue weighted by Crippen LogP contribution is -2.45. The summed E-state index contributed by atoms with van der Waals surface area (Å²) >= 11 is 12.7. The molecule has 0 radical (unpaired) electrons. The Morgan fingerprint density at radius 2 is 1.79 bits per heavy atom. The van der Waals surface area contributed by atoms with Gasteiger partial charge in [-0.05, 0) is 85.9 Å². The maximum atomic E-state index is 16.2. The SMILES string of the molecule is Cc1cnc(-c2cccc(C(=O)NC3CC(F)C3)c2F)c(F)c1-n1c(C)cc([C@H]2C[C@@H]2c2cncc(Cl)c2)c(Cl)c1=O. The molecule has 1 amide bonds. The maximum Gasteiger partial charge on any atom is 0.274 e. The van der Waals surface area contributed by atoms with Crippen LogP contribution in [0.5, 0.6) is 0 Å². The second-order valence-corrected chi connectivity index (χ2v) is 11.8. The second kappa shape index (κ2) is 10.9. The number of nitrogens with one attached hydrogen (secondary N) is 1. The number of pyridine rings is 3. The highest BCUT2D eigenvalue weighted by Crippen LogP contribution is 2.56. The maximum absolute atomic E-state index is 16.2. The molecule has 42 heavy (non-hydrogen) atoms. The van der Waals surface area contributed by atoms with Crippen LogP contribution in [0.4, 0.5) is 13.2 Å². The second-order valence-electron chi connectivity index (χ2n) is 10.9. The topological polar surface area (TPSA) is 76.9 Å². The highest BCUT2D eigenvalue weighted by atomic mass is 35.5. The zero-order valence-corrected chi connectivity index (χ0v) is 24.1. The Hall–Kier alpha value is -3.69. The number of alkyl halides is 1. The average Bonchev–Trinajstić information content (AvgIpc) is 3.73. The third kappa shape index (κ3) is 4.98. The number of nitrogens with zero attached hydrogens (tertiary/aromatic N) is 3. The molecule has 2 fully saturated rings. The third-order valence-corrected chi connectivity index (χ3v) is 8.61. The van der Waals surface area contributed by atoms with Crippen molar-refractivity contribution in [1.82, 2.24) is 19.9 Å². The Morgan fingerprint density at radius 1 is 1.02 bits per heavy atom. The Kier molecular flexibility index (Phi) is 7.35. The summed E-state index contributed by atoms with van der Waals surface area (Å²) in [4.78, 5) is 34.6. The molecule has 11 heteroatoms. The van der Waals surface area contributed by atoms with E-state index in [2.05, 4.69) is 15.3 Å². The monoisotopic (exact) mass is 612 g/mol. The van der Waals surface area contributed by atoms with E-state index in [1.807, 2.05) is 6.07 Å². The number of carbonyl (C=O) groups excluding carboxylic acids is 1. The molecule has 2 aliphatic carbocycles. The molecule has 1 aromatic carbocycles. The summed E-state index contributed by atoms with van der Waals surface area (Å²) in [6, 6.07) is 7.21. The molecule has 0 aliphatic heterocycles. The van der Waals surface area contributed by atoms with Gasteiger partial charge >= 0.3 is 0 Å². The number of rotatable bonds is 6. The minimum atomic E-state index is -0.990. The molecule has 2 saturated carbocycles. The molecular formula is C31H25Cl2F3N4O2. The average molecular weight is 613 g/mol. The van der Waals surface area contributed by atoms with Crippen LogP contribution in [0.2, 0.25) is 10.0 Å². The Bertz CT molecular complexity index is 1810. The van der Waals surface area contributed by atoms with Gasteiger partial charge in [0.2, 0.25) is 0 Å². The van der Waals surface area contributed by atoms with Crippen LogP contribution in [0.25, 0.3) is 16.9 Å². The van der Waals surface area contributed by atoms with Gasteiger partial charge in [-0.15, -0.1) is 0 Å². The van der Waals surface area contributed by atoms with Gasteiger partial charge < -0.3 is 5.32 Å². The van der Waals surface area contributed by atoms with Gasteiger partial charge in [-0.2, -0.15) is 0 Å². The molecule has 2 aliphatic rings. The standard InChI is InChI=1S/C31H25Cl2F3N4O2/c1-14-11-38-28(20-4-3-5-21(26(20)35)30(41)39-19-8-18(34)9-19)27(36)29(14)40-15(2)6-24(25(33)31(40)42)23-10-22(23)16-7-17(32)13-37-12-16/h3-7,11-13,18-19,22-23H,8-10H2,1-2H3,(H,39,41)/t18?,19?,22-,23+/m1/s1. The van der Waals surface area contributed by atoms with Gasteiger partial charge in [-0.1, -0.05) is 29.3 Å². The van der Waals surface area contributed by atoms with E-state index in [-0.39, 0.29) is 58.3 Å². The molecular weight excluding hydrogens is 588 g/mol. The molecule has 3 heterocycles. The lowest BCUT2D eigenvalue weighted by atomic mass is 9.90. The van der Waals surface area contributed by atoms with Gasteiger partial charge in [0, 0.05) is 35.9 Å². The Labute approximate surface area is 249 Å². The lowest BCUT2D eigenvalue weighted by Gasteiger charge is -2.30. The van der Waals surface area contributed by atoms with Crippen molar-refractivity contribution < 1.29 is 18.0 Å². The Morgan fingerprint density at radius 3 is 2.50 bits per heavy atom. The quantitative estimate of drug-likeness (QED) is 0.254. The fourth-order valence-electron chi connectivity index (χ4n) is 5.67. The van der Waals surface area contributed by atoms with E-state index < -0.39 is 29.3 Å². The Balaban J connectivity index is 1.37.